The van der Waals surface area contributed by atoms with Gasteiger partial charge in [-0.05, 0) is 53.0 Å². The molecule has 0 aromatic carbocycles. The first-order valence-electron chi connectivity index (χ1n) is 4.82. The maximum Gasteiger partial charge on any atom is 0.0216 e. The molecule has 64 valence electrons. The van der Waals surface area contributed by atoms with Gasteiger partial charge in [0, 0.05) is 11.1 Å². The third-order valence-corrected chi connectivity index (χ3v) is 3.23. The van der Waals surface area contributed by atoms with Crippen molar-refractivity contribution >= 4 is 0 Å². The van der Waals surface area contributed by atoms with Gasteiger partial charge in [0.1, 0.15) is 0 Å². The third-order valence-electron chi connectivity index (χ3n) is 3.23. The second-order valence-electron chi connectivity index (χ2n) is 5.15. The van der Waals surface area contributed by atoms with Crippen LogP contribution in [0.1, 0.15) is 46.5 Å². The molecule has 0 radical (unpaired) electrons. The van der Waals surface area contributed by atoms with Crippen molar-refractivity contribution in [3.05, 3.63) is 0 Å². The summed E-state index contributed by atoms with van der Waals surface area (Å²) in [5.41, 5.74) is 1.09. The predicted molar refractivity (Wildman–Crippen MR) is 47.7 cm³/mol. The number of rotatable bonds is 0. The van der Waals surface area contributed by atoms with Gasteiger partial charge in [0.2, 0.25) is 0 Å². The van der Waals surface area contributed by atoms with Crippen LogP contribution in [-0.4, -0.2) is 22.5 Å². The van der Waals surface area contributed by atoms with Crippen molar-refractivity contribution in [2.24, 2.45) is 0 Å². The van der Waals surface area contributed by atoms with Gasteiger partial charge in [-0.3, -0.25) is 4.90 Å². The van der Waals surface area contributed by atoms with Crippen LogP contribution in [0.2, 0.25) is 0 Å². The maximum absolute atomic E-state index is 2.72. The molecule has 1 spiro atoms. The Morgan fingerprint density at radius 3 is 2.09 bits per heavy atom. The molecule has 1 nitrogen and oxygen atoms in total. The lowest BCUT2D eigenvalue weighted by atomic mass is 10.0. The van der Waals surface area contributed by atoms with E-state index in [0.717, 1.165) is 0 Å². The van der Waals surface area contributed by atoms with E-state index in [1.165, 1.54) is 32.2 Å². The van der Waals surface area contributed by atoms with Gasteiger partial charge in [-0.15, -0.1) is 0 Å². The van der Waals surface area contributed by atoms with Gasteiger partial charge in [-0.25, -0.2) is 0 Å². The second-order valence-corrected chi connectivity index (χ2v) is 5.15. The van der Waals surface area contributed by atoms with Crippen molar-refractivity contribution in [1.29, 1.82) is 0 Å². The molecule has 1 saturated carbocycles. The Hall–Kier alpha value is -0.0400. The summed E-state index contributed by atoms with van der Waals surface area (Å²) in [7, 11) is 0. The van der Waals surface area contributed by atoms with Gasteiger partial charge in [0.15, 0.2) is 0 Å². The summed E-state index contributed by atoms with van der Waals surface area (Å²) in [5, 5.41) is 0. The van der Waals surface area contributed by atoms with Crippen LogP contribution in [0.15, 0.2) is 0 Å². The highest BCUT2D eigenvalue weighted by atomic mass is 15.3. The molecule has 1 aliphatic carbocycles. The number of likely N-dealkylation sites (tertiary alicyclic amines) is 1. The van der Waals surface area contributed by atoms with E-state index in [1.807, 2.05) is 0 Å². The van der Waals surface area contributed by atoms with Gasteiger partial charge in [-0.1, -0.05) is 0 Å². The molecular formula is C10H19N. The molecule has 1 heteroatoms. The Balaban J connectivity index is 2.14. The van der Waals surface area contributed by atoms with E-state index in [9.17, 15) is 0 Å². The van der Waals surface area contributed by atoms with Gasteiger partial charge in [0.25, 0.3) is 0 Å². The summed E-state index contributed by atoms with van der Waals surface area (Å²) in [6, 6.07) is 0. The highest BCUT2D eigenvalue weighted by Crippen LogP contribution is 2.52. The zero-order valence-electron chi connectivity index (χ0n) is 7.98. The minimum Gasteiger partial charge on any atom is -0.293 e. The average Bonchev–Trinajstić information content (AvgIpc) is 2.38. The van der Waals surface area contributed by atoms with Crippen molar-refractivity contribution < 1.29 is 0 Å². The fourth-order valence-corrected chi connectivity index (χ4v) is 2.65. The van der Waals surface area contributed by atoms with E-state index in [1.54, 1.807) is 0 Å². The molecule has 0 aromatic heterocycles. The van der Waals surface area contributed by atoms with E-state index < -0.39 is 0 Å². The van der Waals surface area contributed by atoms with E-state index in [-0.39, 0.29) is 0 Å². The van der Waals surface area contributed by atoms with Crippen molar-refractivity contribution in [1.82, 2.24) is 4.90 Å². The third kappa shape index (κ3) is 1.10. The first kappa shape index (κ1) is 7.60. The molecule has 1 heterocycles. The standard InChI is InChI=1S/C10H19N/c1-9(2,3)11-8-4-5-10(11)6-7-10/h4-8H2,1-3H3. The molecule has 0 atom stereocenters. The number of nitrogens with zero attached hydrogens (tertiary/aromatic N) is 1. The van der Waals surface area contributed by atoms with Gasteiger partial charge >= 0.3 is 0 Å². The Bertz CT molecular complexity index is 162. The first-order valence-corrected chi connectivity index (χ1v) is 4.82. The molecule has 1 saturated heterocycles. The fourth-order valence-electron chi connectivity index (χ4n) is 2.65. The average molecular weight is 153 g/mol. The molecule has 0 aromatic rings. The minimum atomic E-state index is 0.410. The molecule has 2 fully saturated rings. The van der Waals surface area contributed by atoms with Crippen LogP contribution in [-0.2, 0) is 0 Å². The molecule has 0 unspecified atom stereocenters. The van der Waals surface area contributed by atoms with Crippen LogP contribution < -0.4 is 0 Å². The van der Waals surface area contributed by atoms with E-state index in [4.69, 9.17) is 0 Å². The molecule has 0 bridgehead atoms. The van der Waals surface area contributed by atoms with Crippen LogP contribution in [0.3, 0.4) is 0 Å². The van der Waals surface area contributed by atoms with Crippen LogP contribution in [0.5, 0.6) is 0 Å². The molecule has 0 amide bonds. The van der Waals surface area contributed by atoms with Gasteiger partial charge < -0.3 is 0 Å². The SMILES string of the molecule is CC(C)(C)N1CCCC12CC2. The highest BCUT2D eigenvalue weighted by Gasteiger charge is 2.53. The zero-order valence-corrected chi connectivity index (χ0v) is 7.98. The van der Waals surface area contributed by atoms with Crippen LogP contribution in [0, 0.1) is 0 Å². The predicted octanol–water partition coefficient (Wildman–Crippen LogP) is 2.41. The zero-order chi connectivity index (χ0) is 8.11. The largest absolute Gasteiger partial charge is 0.293 e. The van der Waals surface area contributed by atoms with Crippen molar-refractivity contribution in [3.8, 4) is 0 Å². The molecular weight excluding hydrogens is 134 g/mol. The monoisotopic (exact) mass is 153 g/mol. The summed E-state index contributed by atoms with van der Waals surface area (Å²) in [6.45, 7) is 8.37. The lowest BCUT2D eigenvalue weighted by Gasteiger charge is -2.37. The number of hydrogen-bond donors (Lipinski definition) is 0. The summed E-state index contributed by atoms with van der Waals surface area (Å²) >= 11 is 0. The molecule has 2 aliphatic rings. The van der Waals surface area contributed by atoms with Crippen molar-refractivity contribution in [3.63, 3.8) is 0 Å². The Labute approximate surface area is 69.8 Å². The van der Waals surface area contributed by atoms with Crippen molar-refractivity contribution in [2.75, 3.05) is 6.54 Å². The molecule has 1 aliphatic heterocycles. The van der Waals surface area contributed by atoms with Crippen LogP contribution >= 0.6 is 0 Å². The number of hydrogen-bond acceptors (Lipinski definition) is 1. The summed E-state index contributed by atoms with van der Waals surface area (Å²) in [6.07, 6.45) is 5.82. The quantitative estimate of drug-likeness (QED) is 0.516. The van der Waals surface area contributed by atoms with Crippen LogP contribution in [0.4, 0.5) is 0 Å². The minimum absolute atomic E-state index is 0.410. The smallest absolute Gasteiger partial charge is 0.0216 e. The fraction of sp³-hybridized carbons (Fsp3) is 1.00. The lowest BCUT2D eigenvalue weighted by Crippen LogP contribution is -2.45. The molecule has 11 heavy (non-hydrogen) atoms. The first-order chi connectivity index (χ1) is 5.05. The van der Waals surface area contributed by atoms with E-state index in [2.05, 4.69) is 25.7 Å². The summed E-state index contributed by atoms with van der Waals surface area (Å²) in [5.74, 6) is 0. The van der Waals surface area contributed by atoms with E-state index >= 15 is 0 Å². The van der Waals surface area contributed by atoms with Gasteiger partial charge in [-0.2, -0.15) is 0 Å². The van der Waals surface area contributed by atoms with Gasteiger partial charge in [0.05, 0.1) is 0 Å². The molecule has 2 rings (SSSR count). The Morgan fingerprint density at radius 1 is 1.09 bits per heavy atom. The topological polar surface area (TPSA) is 3.24 Å². The Kier molecular flexibility index (Phi) is 1.39. The van der Waals surface area contributed by atoms with Crippen molar-refractivity contribution in [2.45, 2.75) is 57.5 Å². The summed E-state index contributed by atoms with van der Waals surface area (Å²) < 4.78 is 0. The Morgan fingerprint density at radius 2 is 1.73 bits per heavy atom. The van der Waals surface area contributed by atoms with E-state index in [0.29, 0.717) is 11.1 Å². The lowest BCUT2D eigenvalue weighted by molar-refractivity contribution is 0.107. The van der Waals surface area contributed by atoms with Crippen LogP contribution in [0.25, 0.3) is 0 Å². The second kappa shape index (κ2) is 2.01. The normalized spacial score (nSPS) is 29.7. The summed E-state index contributed by atoms with van der Waals surface area (Å²) in [4.78, 5) is 2.72. The highest BCUT2D eigenvalue weighted by molar-refractivity contribution is 5.10. The maximum atomic E-state index is 2.72. The molecule has 0 N–H and O–H groups in total.